The molecule has 1 N–H and O–H groups in total. The van der Waals surface area contributed by atoms with E-state index in [1.807, 2.05) is 31.2 Å². The summed E-state index contributed by atoms with van der Waals surface area (Å²) in [6, 6.07) is 8.05. The lowest BCUT2D eigenvalue weighted by Gasteiger charge is -2.31. The summed E-state index contributed by atoms with van der Waals surface area (Å²) in [6.07, 6.45) is 8.17. The van der Waals surface area contributed by atoms with Crippen LogP contribution in [0.2, 0.25) is 0 Å². The predicted molar refractivity (Wildman–Crippen MR) is 154 cm³/mol. The predicted octanol–water partition coefficient (Wildman–Crippen LogP) is 5.18. The van der Waals surface area contributed by atoms with Crippen molar-refractivity contribution in [2.45, 2.75) is 73.6 Å². The molecule has 38 heavy (non-hydrogen) atoms. The Morgan fingerprint density at radius 3 is 2.53 bits per heavy atom. The van der Waals surface area contributed by atoms with Crippen LogP contribution in [0, 0.1) is 6.92 Å². The SMILES string of the molecule is Cc1ccc(SN=C2C(=O)N3CCCCCCCCCC2SCC(CSc2nnnn2C)=C3C(=O)O)cc1. The van der Waals surface area contributed by atoms with E-state index < -0.39 is 5.97 Å². The van der Waals surface area contributed by atoms with Crippen molar-refractivity contribution >= 4 is 53.1 Å². The van der Waals surface area contributed by atoms with Gasteiger partial charge in [0.2, 0.25) is 5.16 Å². The second kappa shape index (κ2) is 14.2. The lowest BCUT2D eigenvalue weighted by molar-refractivity contribution is -0.137. The fourth-order valence-corrected chi connectivity index (χ4v) is 7.51. The molecule has 0 radical (unpaired) electrons. The van der Waals surface area contributed by atoms with E-state index in [2.05, 4.69) is 15.5 Å². The maximum absolute atomic E-state index is 14.1. The molecule has 1 saturated heterocycles. The molecule has 2 aliphatic rings. The van der Waals surface area contributed by atoms with Crippen LogP contribution in [0.5, 0.6) is 0 Å². The van der Waals surface area contributed by atoms with E-state index in [0.29, 0.717) is 34.5 Å². The van der Waals surface area contributed by atoms with Gasteiger partial charge in [0.1, 0.15) is 11.4 Å². The Labute approximate surface area is 236 Å². The smallest absolute Gasteiger partial charge is 0.352 e. The lowest BCUT2D eigenvalue weighted by Crippen LogP contribution is -2.45. The fraction of sp³-hybridized carbons (Fsp3) is 0.538. The van der Waals surface area contributed by atoms with Crippen LogP contribution in [-0.2, 0) is 16.6 Å². The number of aryl methyl sites for hydroxylation is 2. The number of amides is 1. The largest absolute Gasteiger partial charge is 0.477 e. The Bertz CT molecular complexity index is 1180. The number of thioether (sulfide) groups is 2. The number of carbonyl (C=O) groups excluding carboxylic acids is 1. The maximum atomic E-state index is 14.1. The minimum atomic E-state index is -1.08. The van der Waals surface area contributed by atoms with Crippen LogP contribution in [-0.4, -0.2) is 71.1 Å². The molecule has 1 amide bonds. The van der Waals surface area contributed by atoms with Gasteiger partial charge in [-0.05, 0) is 47.9 Å². The minimum absolute atomic E-state index is 0.0754. The van der Waals surface area contributed by atoms with Crippen LogP contribution in [0.15, 0.2) is 50.0 Å². The van der Waals surface area contributed by atoms with E-state index in [9.17, 15) is 14.7 Å². The van der Waals surface area contributed by atoms with Crippen molar-refractivity contribution in [3.8, 4) is 0 Å². The first-order chi connectivity index (χ1) is 18.4. The molecular weight excluding hydrogens is 541 g/mol. The van der Waals surface area contributed by atoms with E-state index in [-0.39, 0.29) is 16.9 Å². The van der Waals surface area contributed by atoms with Gasteiger partial charge < -0.3 is 10.0 Å². The molecule has 2 bridgehead atoms. The number of fused-ring (bicyclic) bond motifs is 3. The topological polar surface area (TPSA) is 114 Å². The third-order valence-electron chi connectivity index (χ3n) is 6.61. The molecule has 0 spiro atoms. The molecule has 0 saturated carbocycles. The van der Waals surface area contributed by atoms with Crippen molar-refractivity contribution in [3.63, 3.8) is 0 Å². The number of benzene rings is 1. The van der Waals surface area contributed by atoms with E-state index in [0.717, 1.165) is 49.0 Å². The van der Waals surface area contributed by atoms with Crippen molar-refractivity contribution in [2.24, 2.45) is 11.4 Å². The average Bonchev–Trinajstić information content (AvgIpc) is 3.31. The van der Waals surface area contributed by atoms with Gasteiger partial charge in [-0.2, -0.15) is 0 Å². The van der Waals surface area contributed by atoms with E-state index in [1.165, 1.54) is 41.5 Å². The average molecular weight is 575 g/mol. The van der Waals surface area contributed by atoms with Crippen molar-refractivity contribution in [1.82, 2.24) is 25.1 Å². The zero-order chi connectivity index (χ0) is 26.9. The molecule has 1 aromatic heterocycles. The highest BCUT2D eigenvalue weighted by molar-refractivity contribution is 8.01. The molecule has 1 aromatic carbocycles. The van der Waals surface area contributed by atoms with Gasteiger partial charge in [0.25, 0.3) is 5.91 Å². The fourth-order valence-electron chi connectivity index (χ4n) is 4.50. The summed E-state index contributed by atoms with van der Waals surface area (Å²) >= 11 is 4.31. The molecule has 204 valence electrons. The molecule has 1 unspecified atom stereocenters. The highest BCUT2D eigenvalue weighted by atomic mass is 32.2. The number of aliphatic carboxylic acids is 1. The van der Waals surface area contributed by atoms with Crippen LogP contribution in [0.1, 0.15) is 56.9 Å². The number of hydrogen-bond acceptors (Lipinski definition) is 9. The zero-order valence-corrected chi connectivity index (χ0v) is 24.3. The van der Waals surface area contributed by atoms with Crippen LogP contribution in [0.25, 0.3) is 0 Å². The lowest BCUT2D eigenvalue weighted by atomic mass is 10.1. The van der Waals surface area contributed by atoms with Gasteiger partial charge in [0.15, 0.2) is 0 Å². The Balaban J connectivity index is 1.72. The third-order valence-corrected chi connectivity index (χ3v) is 9.85. The Morgan fingerprint density at radius 2 is 1.84 bits per heavy atom. The van der Waals surface area contributed by atoms with Crippen LogP contribution in [0.4, 0.5) is 0 Å². The van der Waals surface area contributed by atoms with Crippen LogP contribution >= 0.6 is 35.5 Å². The first kappa shape index (κ1) is 28.7. The Kier molecular flexibility index (Phi) is 10.7. The van der Waals surface area contributed by atoms with Crippen molar-refractivity contribution in [1.29, 1.82) is 0 Å². The summed E-state index contributed by atoms with van der Waals surface area (Å²) in [5, 5.41) is 22.4. The van der Waals surface area contributed by atoms with E-state index in [4.69, 9.17) is 4.40 Å². The van der Waals surface area contributed by atoms with Crippen molar-refractivity contribution in [3.05, 3.63) is 41.1 Å². The number of nitrogens with zero attached hydrogens (tertiary/aromatic N) is 6. The first-order valence-electron chi connectivity index (χ1n) is 13.0. The maximum Gasteiger partial charge on any atom is 0.352 e. The minimum Gasteiger partial charge on any atom is -0.477 e. The summed E-state index contributed by atoms with van der Waals surface area (Å²) in [5.41, 5.74) is 2.41. The standard InChI is InChI=1S/C26H34N6O3S3/c1-18-11-13-20(14-12-18)38-28-22-21-10-8-6-4-3-5-7-9-15-32(24(22)33)23(25(34)35)19(16-36-21)17-37-26-27-29-30-31(26)2/h11-14,21H,3-10,15-17H2,1-2H3,(H,34,35). The number of rotatable bonds is 6. The number of carboxylic acids is 1. The molecule has 1 atom stereocenters. The number of aromatic nitrogens is 4. The number of tetrazole rings is 1. The van der Waals surface area contributed by atoms with E-state index in [1.54, 1.807) is 23.5 Å². The number of hydrogen-bond donors (Lipinski definition) is 1. The monoisotopic (exact) mass is 574 g/mol. The second-order valence-electron chi connectivity index (χ2n) is 9.53. The van der Waals surface area contributed by atoms with Gasteiger partial charge in [-0.25, -0.2) is 13.9 Å². The summed E-state index contributed by atoms with van der Waals surface area (Å²) in [7, 11) is 1.75. The normalized spacial score (nSPS) is 21.0. The zero-order valence-electron chi connectivity index (χ0n) is 21.8. The molecule has 1 fully saturated rings. The van der Waals surface area contributed by atoms with Gasteiger partial charge in [0, 0.05) is 41.9 Å². The summed E-state index contributed by atoms with van der Waals surface area (Å²) in [4.78, 5) is 29.3. The molecule has 2 aliphatic heterocycles. The molecule has 3 heterocycles. The number of carboxylic acid groups (broad SMARTS) is 1. The Morgan fingerprint density at radius 1 is 1.13 bits per heavy atom. The molecule has 2 aromatic rings. The summed E-state index contributed by atoms with van der Waals surface area (Å²) in [5.74, 6) is -0.479. The number of carbonyl (C=O) groups is 2. The first-order valence-corrected chi connectivity index (χ1v) is 15.8. The van der Waals surface area contributed by atoms with Crippen LogP contribution in [0.3, 0.4) is 0 Å². The van der Waals surface area contributed by atoms with Gasteiger partial charge in [0.05, 0.1) is 5.25 Å². The molecule has 4 rings (SSSR count). The molecule has 12 heteroatoms. The van der Waals surface area contributed by atoms with Gasteiger partial charge in [-0.1, -0.05) is 68.0 Å². The summed E-state index contributed by atoms with van der Waals surface area (Å²) < 4.78 is 6.35. The quantitative estimate of drug-likeness (QED) is 0.368. The van der Waals surface area contributed by atoms with Gasteiger partial charge >= 0.3 is 5.97 Å². The third kappa shape index (κ3) is 7.63. The highest BCUT2D eigenvalue weighted by Gasteiger charge is 2.36. The van der Waals surface area contributed by atoms with Crippen molar-refractivity contribution < 1.29 is 14.7 Å². The van der Waals surface area contributed by atoms with Crippen LogP contribution < -0.4 is 0 Å². The molecule has 9 nitrogen and oxygen atoms in total. The molecule has 0 aliphatic carbocycles. The van der Waals surface area contributed by atoms with Crippen molar-refractivity contribution in [2.75, 3.05) is 18.1 Å². The second-order valence-corrected chi connectivity index (χ2v) is 12.5. The van der Waals surface area contributed by atoms with Gasteiger partial charge in [-0.3, -0.25) is 4.79 Å². The van der Waals surface area contributed by atoms with Gasteiger partial charge in [-0.15, -0.1) is 16.9 Å². The van der Waals surface area contributed by atoms with E-state index >= 15 is 0 Å². The Hall–Kier alpha value is -2.31. The summed E-state index contributed by atoms with van der Waals surface area (Å²) in [6.45, 7) is 2.40. The molecular formula is C26H34N6O3S3. The highest BCUT2D eigenvalue weighted by Crippen LogP contribution is 2.33.